The highest BCUT2D eigenvalue weighted by molar-refractivity contribution is 7.94. The van der Waals surface area contributed by atoms with Gasteiger partial charge in [-0.1, -0.05) is 11.6 Å². The van der Waals surface area contributed by atoms with Crippen molar-refractivity contribution in [2.45, 2.75) is 6.04 Å². The van der Waals surface area contributed by atoms with Crippen molar-refractivity contribution in [2.75, 3.05) is 11.5 Å². The van der Waals surface area contributed by atoms with Crippen LogP contribution in [0.25, 0.3) is 0 Å². The number of nitrogen functional groups attached to an aromatic ring is 1. The number of carbonyl (C=O) groups excluding carboxylic acids is 1. The number of nitrogens with one attached hydrogen (secondary N) is 1. The molecule has 1 unspecified atom stereocenters. The van der Waals surface area contributed by atoms with Crippen molar-refractivity contribution in [3.8, 4) is 0 Å². The van der Waals surface area contributed by atoms with Gasteiger partial charge in [-0.05, 0) is 24.3 Å². The van der Waals surface area contributed by atoms with Crippen LogP contribution in [0, 0.1) is 0 Å². The van der Waals surface area contributed by atoms with Crippen molar-refractivity contribution in [2.24, 2.45) is 0 Å². The molecule has 0 aromatic heterocycles. The molecule has 1 aliphatic heterocycles. The lowest BCUT2D eigenvalue weighted by atomic mass is 10.2. The van der Waals surface area contributed by atoms with Gasteiger partial charge in [0.25, 0.3) is 5.91 Å². The monoisotopic (exact) mass is 286 g/mol. The second-order valence-electron chi connectivity index (χ2n) is 4.01. The molecule has 1 aromatic carbocycles. The van der Waals surface area contributed by atoms with Crippen LogP contribution >= 0.6 is 11.6 Å². The molecule has 5 nitrogen and oxygen atoms in total. The van der Waals surface area contributed by atoms with Crippen LogP contribution in [0.3, 0.4) is 0 Å². The number of rotatable bonds is 2. The molecule has 1 heterocycles. The fraction of sp³-hybridized carbons (Fsp3) is 0.182. The molecule has 96 valence electrons. The van der Waals surface area contributed by atoms with Crippen molar-refractivity contribution in [3.63, 3.8) is 0 Å². The molecule has 3 N–H and O–H groups in total. The molecular weight excluding hydrogens is 276 g/mol. The number of benzene rings is 1. The maximum absolute atomic E-state index is 11.9. The number of halogens is 1. The Morgan fingerprint density at radius 2 is 2.11 bits per heavy atom. The number of amides is 1. The van der Waals surface area contributed by atoms with Crippen LogP contribution in [0.5, 0.6) is 0 Å². The van der Waals surface area contributed by atoms with E-state index in [9.17, 15) is 13.2 Å². The second-order valence-corrected chi connectivity index (χ2v) is 6.38. The molecule has 0 saturated heterocycles. The van der Waals surface area contributed by atoms with Gasteiger partial charge in [0.05, 0.1) is 11.8 Å². The van der Waals surface area contributed by atoms with Gasteiger partial charge in [-0.25, -0.2) is 8.42 Å². The van der Waals surface area contributed by atoms with E-state index in [1.807, 2.05) is 0 Å². The molecule has 2 rings (SSSR count). The van der Waals surface area contributed by atoms with Gasteiger partial charge in [0.15, 0.2) is 9.84 Å². The third kappa shape index (κ3) is 3.02. The molecular formula is C11H11ClN2O3S. The zero-order chi connectivity index (χ0) is 13.3. The van der Waals surface area contributed by atoms with E-state index in [0.29, 0.717) is 16.3 Å². The normalized spacial score (nSPS) is 20.8. The van der Waals surface area contributed by atoms with Gasteiger partial charge < -0.3 is 11.1 Å². The van der Waals surface area contributed by atoms with Crippen LogP contribution in [0.15, 0.2) is 29.7 Å². The molecule has 1 atom stereocenters. The molecule has 0 fully saturated rings. The Morgan fingerprint density at radius 3 is 2.67 bits per heavy atom. The molecule has 0 saturated carbocycles. The minimum atomic E-state index is -3.19. The van der Waals surface area contributed by atoms with Crippen molar-refractivity contribution in [1.29, 1.82) is 0 Å². The zero-order valence-corrected chi connectivity index (χ0v) is 10.8. The van der Waals surface area contributed by atoms with E-state index in [4.69, 9.17) is 17.3 Å². The fourth-order valence-electron chi connectivity index (χ4n) is 1.66. The first-order chi connectivity index (χ1) is 8.35. The molecule has 0 spiro atoms. The maximum Gasteiger partial charge on any atom is 0.251 e. The first kappa shape index (κ1) is 12.9. The van der Waals surface area contributed by atoms with E-state index in [-0.39, 0.29) is 5.75 Å². The minimum absolute atomic E-state index is 0.116. The van der Waals surface area contributed by atoms with E-state index >= 15 is 0 Å². The van der Waals surface area contributed by atoms with Crippen LogP contribution in [-0.2, 0) is 9.84 Å². The largest absolute Gasteiger partial charge is 0.399 e. The number of carbonyl (C=O) groups is 1. The predicted octanol–water partition coefficient (Wildman–Crippen LogP) is 0.963. The molecule has 0 aliphatic carbocycles. The highest BCUT2D eigenvalue weighted by Crippen LogP contribution is 2.17. The number of hydrogen-bond acceptors (Lipinski definition) is 4. The van der Waals surface area contributed by atoms with Crippen LogP contribution in [-0.4, -0.2) is 26.1 Å². The highest BCUT2D eigenvalue weighted by Gasteiger charge is 2.23. The number of hydrogen-bond donors (Lipinski definition) is 2. The average Bonchev–Trinajstić information content (AvgIpc) is 2.56. The lowest BCUT2D eigenvalue weighted by molar-refractivity contribution is 0.0947. The SMILES string of the molecule is Nc1cc(Cl)cc(C(=O)NC2C=CS(=O)(=O)C2)c1. The lowest BCUT2D eigenvalue weighted by Crippen LogP contribution is -2.35. The van der Waals surface area contributed by atoms with Gasteiger partial charge >= 0.3 is 0 Å². The zero-order valence-electron chi connectivity index (χ0n) is 9.26. The average molecular weight is 287 g/mol. The fourth-order valence-corrected chi connectivity index (χ4v) is 3.14. The third-order valence-electron chi connectivity index (χ3n) is 2.43. The third-order valence-corrected chi connectivity index (χ3v) is 4.04. The van der Waals surface area contributed by atoms with Gasteiger partial charge in [0, 0.05) is 21.7 Å². The predicted molar refractivity (Wildman–Crippen MR) is 70.0 cm³/mol. The Labute approximate surface area is 110 Å². The quantitative estimate of drug-likeness (QED) is 0.793. The standard InChI is InChI=1S/C11H11ClN2O3S/c12-8-3-7(4-9(13)5-8)11(15)14-10-1-2-18(16,17)6-10/h1-5,10H,6,13H2,(H,14,15). The summed E-state index contributed by atoms with van der Waals surface area (Å²) in [6.07, 6.45) is 1.45. The van der Waals surface area contributed by atoms with Crippen LogP contribution in [0.1, 0.15) is 10.4 Å². The molecule has 1 amide bonds. The van der Waals surface area contributed by atoms with Gasteiger partial charge in [-0.3, -0.25) is 4.79 Å². The van der Waals surface area contributed by atoms with Crippen molar-refractivity contribution in [1.82, 2.24) is 5.32 Å². The Hall–Kier alpha value is -1.53. The van der Waals surface area contributed by atoms with E-state index < -0.39 is 21.8 Å². The molecule has 1 aromatic rings. The summed E-state index contributed by atoms with van der Waals surface area (Å²) in [5.74, 6) is -0.523. The summed E-state index contributed by atoms with van der Waals surface area (Å²) in [5.41, 5.74) is 6.25. The second kappa shape index (κ2) is 4.62. The summed E-state index contributed by atoms with van der Waals surface area (Å²) in [6.45, 7) is 0. The van der Waals surface area contributed by atoms with E-state index in [1.54, 1.807) is 0 Å². The molecule has 0 radical (unpaired) electrons. The number of anilines is 1. The number of sulfone groups is 1. The van der Waals surface area contributed by atoms with Crippen LogP contribution in [0.2, 0.25) is 5.02 Å². The summed E-state index contributed by atoms with van der Waals surface area (Å²) in [5, 5.41) is 4.04. The summed E-state index contributed by atoms with van der Waals surface area (Å²) in [7, 11) is -3.19. The topological polar surface area (TPSA) is 89.3 Å². The smallest absolute Gasteiger partial charge is 0.251 e. The molecule has 7 heteroatoms. The summed E-state index contributed by atoms with van der Waals surface area (Å²) < 4.78 is 22.4. The van der Waals surface area contributed by atoms with E-state index in [1.165, 1.54) is 24.3 Å². The van der Waals surface area contributed by atoms with Crippen molar-refractivity contribution < 1.29 is 13.2 Å². The first-order valence-corrected chi connectivity index (χ1v) is 7.23. The summed E-state index contributed by atoms with van der Waals surface area (Å²) in [6, 6.07) is 3.97. The molecule has 0 bridgehead atoms. The Morgan fingerprint density at radius 1 is 1.39 bits per heavy atom. The van der Waals surface area contributed by atoms with Gasteiger partial charge in [0.2, 0.25) is 0 Å². The lowest BCUT2D eigenvalue weighted by Gasteiger charge is -2.10. The molecule has 1 aliphatic rings. The Balaban J connectivity index is 2.11. The summed E-state index contributed by atoms with van der Waals surface area (Å²) in [4.78, 5) is 11.9. The minimum Gasteiger partial charge on any atom is -0.399 e. The number of nitrogens with two attached hydrogens (primary N) is 1. The van der Waals surface area contributed by atoms with Gasteiger partial charge in [-0.15, -0.1) is 0 Å². The van der Waals surface area contributed by atoms with Crippen LogP contribution in [0.4, 0.5) is 5.69 Å². The van der Waals surface area contributed by atoms with Crippen molar-refractivity contribution >= 4 is 33.0 Å². The first-order valence-electron chi connectivity index (χ1n) is 5.14. The van der Waals surface area contributed by atoms with Crippen molar-refractivity contribution in [3.05, 3.63) is 40.3 Å². The summed E-state index contributed by atoms with van der Waals surface area (Å²) >= 11 is 5.79. The van der Waals surface area contributed by atoms with Gasteiger partial charge in [-0.2, -0.15) is 0 Å². The highest BCUT2D eigenvalue weighted by atomic mass is 35.5. The Kier molecular flexibility index (Phi) is 3.32. The van der Waals surface area contributed by atoms with E-state index in [2.05, 4.69) is 5.32 Å². The van der Waals surface area contributed by atoms with Crippen LogP contribution < -0.4 is 11.1 Å². The van der Waals surface area contributed by atoms with Gasteiger partial charge in [0.1, 0.15) is 0 Å². The van der Waals surface area contributed by atoms with E-state index in [0.717, 1.165) is 5.41 Å². The Bertz CT molecular complexity index is 605. The maximum atomic E-state index is 11.9. The molecule has 18 heavy (non-hydrogen) atoms.